The lowest BCUT2D eigenvalue weighted by atomic mass is 9.53. The van der Waals surface area contributed by atoms with E-state index in [1.165, 1.54) is 19.3 Å². The van der Waals surface area contributed by atoms with Gasteiger partial charge in [0, 0.05) is 11.1 Å². The summed E-state index contributed by atoms with van der Waals surface area (Å²) in [5, 5.41) is 13.9. The van der Waals surface area contributed by atoms with Crippen molar-refractivity contribution in [3.05, 3.63) is 29.8 Å². The fourth-order valence-corrected chi connectivity index (χ4v) is 6.47. The van der Waals surface area contributed by atoms with Crippen molar-refractivity contribution in [1.82, 2.24) is 20.8 Å². The first-order chi connectivity index (χ1) is 14.5. The van der Waals surface area contributed by atoms with Gasteiger partial charge in [-0.3, -0.25) is 10.1 Å². The molecule has 4 aliphatic rings. The Bertz CT molecular complexity index is 920. The topological polar surface area (TPSA) is 97.1 Å². The number of nitrogens with zero attached hydrogens (tertiary/aromatic N) is 2. The molecule has 1 aromatic heterocycles. The highest BCUT2D eigenvalue weighted by atomic mass is 32.2. The minimum absolute atomic E-state index is 0.0455. The van der Waals surface area contributed by atoms with Gasteiger partial charge in [-0.1, -0.05) is 29.5 Å². The second-order valence-electron chi connectivity index (χ2n) is 9.23. The molecule has 158 valence electrons. The summed E-state index contributed by atoms with van der Waals surface area (Å²) in [6, 6.07) is 7.40. The van der Waals surface area contributed by atoms with Gasteiger partial charge in [0.05, 0.1) is 5.75 Å². The van der Waals surface area contributed by atoms with Gasteiger partial charge in [-0.15, -0.1) is 10.2 Å². The van der Waals surface area contributed by atoms with Crippen molar-refractivity contribution in [3.63, 3.8) is 0 Å². The van der Waals surface area contributed by atoms with Crippen LogP contribution in [0.1, 0.15) is 44.1 Å². The highest BCUT2D eigenvalue weighted by Gasteiger charge is 2.51. The monoisotopic (exact) mass is 426 g/mol. The molecule has 2 aromatic rings. The van der Waals surface area contributed by atoms with Crippen LogP contribution in [0.5, 0.6) is 0 Å². The van der Waals surface area contributed by atoms with Crippen LogP contribution in [0.15, 0.2) is 33.9 Å². The molecule has 0 spiro atoms. The molecule has 8 heteroatoms. The van der Waals surface area contributed by atoms with Crippen LogP contribution in [0.25, 0.3) is 11.5 Å². The number of carbonyl (C=O) groups excluding carboxylic acids is 2. The van der Waals surface area contributed by atoms with E-state index in [9.17, 15) is 9.59 Å². The van der Waals surface area contributed by atoms with E-state index in [-0.39, 0.29) is 23.2 Å². The van der Waals surface area contributed by atoms with E-state index in [2.05, 4.69) is 20.8 Å². The van der Waals surface area contributed by atoms with Crippen LogP contribution in [0.2, 0.25) is 0 Å². The van der Waals surface area contributed by atoms with E-state index < -0.39 is 0 Å². The number of imide groups is 1. The molecule has 4 aliphatic carbocycles. The molecule has 0 atom stereocenters. The number of rotatable bonds is 5. The number of amides is 3. The zero-order valence-electron chi connectivity index (χ0n) is 17.0. The number of hydrogen-bond donors (Lipinski definition) is 2. The molecular formula is C22H26N4O3S. The molecule has 0 aliphatic heterocycles. The minimum Gasteiger partial charge on any atom is -0.411 e. The Morgan fingerprint density at radius 2 is 1.70 bits per heavy atom. The predicted octanol–water partition coefficient (Wildman–Crippen LogP) is 3.93. The molecule has 3 amide bonds. The van der Waals surface area contributed by atoms with E-state index in [0.717, 1.165) is 59.9 Å². The first kappa shape index (κ1) is 19.6. The highest BCUT2D eigenvalue weighted by molar-refractivity contribution is 7.99. The van der Waals surface area contributed by atoms with Crippen LogP contribution >= 0.6 is 11.8 Å². The highest BCUT2D eigenvalue weighted by Crippen LogP contribution is 2.55. The summed E-state index contributed by atoms with van der Waals surface area (Å²) in [4.78, 5) is 24.7. The molecule has 1 aromatic carbocycles. The molecule has 7 nitrogen and oxygen atoms in total. The van der Waals surface area contributed by atoms with Gasteiger partial charge >= 0.3 is 6.03 Å². The van der Waals surface area contributed by atoms with Crippen LogP contribution < -0.4 is 10.6 Å². The van der Waals surface area contributed by atoms with E-state index >= 15 is 0 Å². The van der Waals surface area contributed by atoms with E-state index in [4.69, 9.17) is 4.42 Å². The Morgan fingerprint density at radius 1 is 1.07 bits per heavy atom. The molecule has 4 fully saturated rings. The van der Waals surface area contributed by atoms with Gasteiger partial charge in [0.15, 0.2) is 0 Å². The first-order valence-corrected chi connectivity index (χ1v) is 11.6. The summed E-state index contributed by atoms with van der Waals surface area (Å²) in [5.74, 6) is 2.31. The Kier molecular flexibility index (Phi) is 5.05. The number of benzene rings is 1. The lowest BCUT2D eigenvalue weighted by Crippen LogP contribution is -2.61. The maximum Gasteiger partial charge on any atom is 0.321 e. The molecular weight excluding hydrogens is 400 g/mol. The molecule has 0 radical (unpaired) electrons. The van der Waals surface area contributed by atoms with Crippen molar-refractivity contribution in [2.45, 2.75) is 56.2 Å². The normalized spacial score (nSPS) is 29.0. The van der Waals surface area contributed by atoms with Crippen LogP contribution in [0, 0.1) is 24.7 Å². The number of aromatic nitrogens is 2. The van der Waals surface area contributed by atoms with Gasteiger partial charge in [-0.2, -0.15) is 0 Å². The second kappa shape index (κ2) is 7.72. The number of aryl methyl sites for hydroxylation is 1. The third kappa shape index (κ3) is 4.10. The third-order valence-electron chi connectivity index (χ3n) is 6.70. The van der Waals surface area contributed by atoms with Gasteiger partial charge in [0.2, 0.25) is 11.8 Å². The molecule has 1 heterocycles. The van der Waals surface area contributed by atoms with E-state index in [1.54, 1.807) is 0 Å². The standard InChI is InChI=1S/C22H26N4O3S/c1-13-2-4-17(5-3-13)19-25-26-21(29-19)30-12-18(27)23-20(28)24-22-9-14-6-15(10-22)8-16(7-14)11-22/h2-5,14-16H,6-12H2,1H3,(H2,23,24,27,28). The van der Waals surface area contributed by atoms with Crippen molar-refractivity contribution in [1.29, 1.82) is 0 Å². The van der Waals surface area contributed by atoms with Crippen molar-refractivity contribution in [2.24, 2.45) is 17.8 Å². The third-order valence-corrected chi connectivity index (χ3v) is 7.52. The summed E-state index contributed by atoms with van der Waals surface area (Å²) < 4.78 is 5.62. The predicted molar refractivity (Wildman–Crippen MR) is 113 cm³/mol. The van der Waals surface area contributed by atoms with E-state index in [0.29, 0.717) is 11.1 Å². The van der Waals surface area contributed by atoms with Crippen molar-refractivity contribution in [3.8, 4) is 11.5 Å². The number of carbonyl (C=O) groups is 2. The summed E-state index contributed by atoms with van der Waals surface area (Å²) in [5.41, 5.74) is 1.87. The lowest BCUT2D eigenvalue weighted by molar-refractivity contribution is -0.117. The largest absolute Gasteiger partial charge is 0.411 e. The average Bonchev–Trinajstić information content (AvgIpc) is 3.14. The van der Waals surface area contributed by atoms with Crippen LogP contribution in [0.3, 0.4) is 0 Å². The maximum absolute atomic E-state index is 12.5. The summed E-state index contributed by atoms with van der Waals surface area (Å²) in [7, 11) is 0. The van der Waals surface area contributed by atoms with Gasteiger partial charge in [0.25, 0.3) is 5.22 Å². The molecule has 0 unspecified atom stereocenters. The van der Waals surface area contributed by atoms with Crippen molar-refractivity contribution >= 4 is 23.7 Å². The van der Waals surface area contributed by atoms with Crippen LogP contribution in [0.4, 0.5) is 4.79 Å². The zero-order valence-corrected chi connectivity index (χ0v) is 17.8. The summed E-state index contributed by atoms with van der Waals surface area (Å²) >= 11 is 1.13. The molecule has 0 saturated heterocycles. The number of thioether (sulfide) groups is 1. The summed E-state index contributed by atoms with van der Waals surface area (Å²) in [6.45, 7) is 2.01. The SMILES string of the molecule is Cc1ccc(-c2nnc(SCC(=O)NC(=O)NC34CC5CC(CC(C5)C3)C4)o2)cc1. The first-order valence-electron chi connectivity index (χ1n) is 10.6. The van der Waals surface area contributed by atoms with Crippen LogP contribution in [-0.4, -0.2) is 33.4 Å². The Balaban J connectivity index is 1.12. The summed E-state index contributed by atoms with van der Waals surface area (Å²) in [6.07, 6.45) is 7.10. The smallest absolute Gasteiger partial charge is 0.321 e. The fraction of sp³-hybridized carbons (Fsp3) is 0.545. The molecule has 4 saturated carbocycles. The van der Waals surface area contributed by atoms with Crippen LogP contribution in [-0.2, 0) is 4.79 Å². The molecule has 6 rings (SSSR count). The van der Waals surface area contributed by atoms with Gasteiger partial charge < -0.3 is 9.73 Å². The van der Waals surface area contributed by atoms with Gasteiger partial charge in [0.1, 0.15) is 0 Å². The lowest BCUT2D eigenvalue weighted by Gasteiger charge is -2.56. The molecule has 30 heavy (non-hydrogen) atoms. The maximum atomic E-state index is 12.5. The number of hydrogen-bond acceptors (Lipinski definition) is 6. The second-order valence-corrected chi connectivity index (χ2v) is 10.2. The average molecular weight is 427 g/mol. The number of nitrogens with one attached hydrogen (secondary N) is 2. The Hall–Kier alpha value is -2.35. The van der Waals surface area contributed by atoms with E-state index in [1.807, 2.05) is 31.2 Å². The Labute approximate surface area is 179 Å². The van der Waals surface area contributed by atoms with Crippen molar-refractivity contribution < 1.29 is 14.0 Å². The molecule has 4 bridgehead atoms. The number of urea groups is 1. The van der Waals surface area contributed by atoms with Gasteiger partial charge in [-0.25, -0.2) is 4.79 Å². The van der Waals surface area contributed by atoms with Gasteiger partial charge in [-0.05, 0) is 75.3 Å². The zero-order chi connectivity index (χ0) is 20.7. The molecule has 2 N–H and O–H groups in total. The van der Waals surface area contributed by atoms with Crippen molar-refractivity contribution in [2.75, 3.05) is 5.75 Å². The fourth-order valence-electron chi connectivity index (χ4n) is 5.91. The Morgan fingerprint density at radius 3 is 2.33 bits per heavy atom. The minimum atomic E-state index is -0.381. The quantitative estimate of drug-likeness (QED) is 0.703.